The first-order valence-corrected chi connectivity index (χ1v) is 11.6. The van der Waals surface area contributed by atoms with Crippen LogP contribution in [0.15, 0.2) is 34.7 Å². The second-order valence-electron chi connectivity index (χ2n) is 9.37. The lowest BCUT2D eigenvalue weighted by atomic mass is 9.85. The van der Waals surface area contributed by atoms with Crippen LogP contribution in [0.25, 0.3) is 0 Å². The highest BCUT2D eigenvalue weighted by molar-refractivity contribution is 6.99. The molecule has 3 aromatic rings. The third-order valence-corrected chi connectivity index (χ3v) is 6.18. The summed E-state index contributed by atoms with van der Waals surface area (Å²) in [5.41, 5.74) is 0.336. The van der Waals surface area contributed by atoms with Crippen LogP contribution >= 0.6 is 11.7 Å². The van der Waals surface area contributed by atoms with Crippen molar-refractivity contribution in [2.45, 2.75) is 46.3 Å². The fourth-order valence-electron chi connectivity index (χ4n) is 3.87. The number of aromatic hydroxyl groups is 1. The molecular formula is C23H29N5O4S. The van der Waals surface area contributed by atoms with E-state index in [1.807, 2.05) is 19.1 Å². The number of anilines is 3. The molecule has 0 radical (unpaired) electrons. The topological polar surface area (TPSA) is 124 Å². The van der Waals surface area contributed by atoms with Gasteiger partial charge < -0.3 is 30.2 Å². The average molecular weight is 472 g/mol. The molecule has 1 aliphatic heterocycles. The van der Waals surface area contributed by atoms with E-state index in [2.05, 4.69) is 40.2 Å². The van der Waals surface area contributed by atoms with Gasteiger partial charge in [0.1, 0.15) is 11.5 Å². The van der Waals surface area contributed by atoms with E-state index in [1.54, 1.807) is 23.1 Å². The lowest BCUT2D eigenvalue weighted by Crippen LogP contribution is -2.29. The monoisotopic (exact) mass is 471 g/mol. The molecule has 3 heterocycles. The van der Waals surface area contributed by atoms with E-state index >= 15 is 0 Å². The van der Waals surface area contributed by atoms with Gasteiger partial charge in [-0.25, -0.2) is 0 Å². The molecule has 1 saturated heterocycles. The minimum absolute atomic E-state index is 0.168. The van der Waals surface area contributed by atoms with E-state index in [4.69, 9.17) is 4.42 Å². The van der Waals surface area contributed by atoms with Gasteiger partial charge in [0.25, 0.3) is 5.91 Å². The van der Waals surface area contributed by atoms with E-state index in [1.165, 1.54) is 0 Å². The van der Waals surface area contributed by atoms with E-state index in [0.717, 1.165) is 23.2 Å². The molecule has 1 fully saturated rings. The standard InChI is InChI=1S/C23H29N5O4S/c1-13-8-9-17(32-13)19(23(2,3)4)25-21-20(26-33-27-21)24-16-7-5-6-15(18(16)30)22(31)28-11-10-14(29)12-28/h5-9,14,19,29-30H,10-12H2,1-4H3,(H,24,26)(H,25,27)/t14-,19?/m1/s1. The van der Waals surface area contributed by atoms with Gasteiger partial charge in [0.05, 0.1) is 35.1 Å². The molecule has 1 aromatic carbocycles. The molecular weight excluding hydrogens is 442 g/mol. The normalized spacial score (nSPS) is 17.2. The number of benzene rings is 1. The molecule has 0 saturated carbocycles. The van der Waals surface area contributed by atoms with Crippen molar-refractivity contribution in [2.24, 2.45) is 5.41 Å². The van der Waals surface area contributed by atoms with Crippen LogP contribution in [-0.4, -0.2) is 49.0 Å². The Hall–Kier alpha value is -3.11. The number of carbonyl (C=O) groups is 1. The third kappa shape index (κ3) is 4.96. The van der Waals surface area contributed by atoms with Crippen LogP contribution in [0.3, 0.4) is 0 Å². The molecule has 9 nitrogen and oxygen atoms in total. The number of aliphatic hydroxyl groups excluding tert-OH is 1. The summed E-state index contributed by atoms with van der Waals surface area (Å²) in [6.07, 6.45) is 0.00880. The number of nitrogens with zero attached hydrogens (tertiary/aromatic N) is 3. The number of furan rings is 1. The van der Waals surface area contributed by atoms with Crippen LogP contribution in [0, 0.1) is 12.3 Å². The van der Waals surface area contributed by atoms with Gasteiger partial charge in [-0.05, 0) is 43.0 Å². The summed E-state index contributed by atoms with van der Waals surface area (Å²) < 4.78 is 14.6. The van der Waals surface area contributed by atoms with Crippen LogP contribution < -0.4 is 10.6 Å². The van der Waals surface area contributed by atoms with E-state index < -0.39 is 6.10 Å². The number of aryl methyl sites for hydroxylation is 1. The first-order valence-electron chi connectivity index (χ1n) is 10.8. The summed E-state index contributed by atoms with van der Waals surface area (Å²) in [5.74, 6) is 2.09. The number of β-amino-alcohol motifs (C(OH)–C–C–N with tert-alkyl or cyclic N) is 1. The molecule has 4 N–H and O–H groups in total. The molecule has 1 aliphatic rings. The molecule has 1 unspecified atom stereocenters. The van der Waals surface area contributed by atoms with E-state index in [-0.39, 0.29) is 35.2 Å². The fraction of sp³-hybridized carbons (Fsp3) is 0.435. The van der Waals surface area contributed by atoms with Crippen LogP contribution in [0.1, 0.15) is 55.1 Å². The lowest BCUT2D eigenvalue weighted by Gasteiger charge is -2.30. The third-order valence-electron chi connectivity index (χ3n) is 5.65. The predicted octanol–water partition coefficient (Wildman–Crippen LogP) is 4.29. The number of likely N-dealkylation sites (tertiary alicyclic amines) is 1. The number of rotatable bonds is 6. The Labute approximate surface area is 196 Å². The molecule has 0 spiro atoms. The number of para-hydroxylation sites is 1. The zero-order valence-electron chi connectivity index (χ0n) is 19.1. The summed E-state index contributed by atoms with van der Waals surface area (Å²) in [6.45, 7) is 8.94. The smallest absolute Gasteiger partial charge is 0.257 e. The van der Waals surface area contributed by atoms with Crippen LogP contribution in [0.4, 0.5) is 17.3 Å². The van der Waals surface area contributed by atoms with Gasteiger partial charge in [-0.15, -0.1) is 0 Å². The Morgan fingerprint density at radius 1 is 1.24 bits per heavy atom. The van der Waals surface area contributed by atoms with E-state index in [0.29, 0.717) is 30.3 Å². The highest BCUT2D eigenvalue weighted by Gasteiger charge is 2.31. The van der Waals surface area contributed by atoms with Crippen molar-refractivity contribution in [3.63, 3.8) is 0 Å². The maximum absolute atomic E-state index is 12.8. The molecule has 2 aromatic heterocycles. The lowest BCUT2D eigenvalue weighted by molar-refractivity contribution is 0.0762. The van der Waals surface area contributed by atoms with Gasteiger partial charge in [0, 0.05) is 13.1 Å². The second kappa shape index (κ2) is 9.03. The number of nitrogens with one attached hydrogen (secondary N) is 2. The first-order chi connectivity index (χ1) is 15.6. The van der Waals surface area contributed by atoms with Crippen molar-refractivity contribution in [1.29, 1.82) is 0 Å². The number of hydrogen-bond donors (Lipinski definition) is 4. The second-order valence-corrected chi connectivity index (χ2v) is 9.90. The Morgan fingerprint density at radius 2 is 2.00 bits per heavy atom. The van der Waals surface area contributed by atoms with Crippen molar-refractivity contribution in [2.75, 3.05) is 23.7 Å². The van der Waals surface area contributed by atoms with Crippen molar-refractivity contribution in [1.82, 2.24) is 13.6 Å². The SMILES string of the molecule is Cc1ccc(C(Nc2nsnc2Nc2cccc(C(=O)N3CC[C@@H](O)C3)c2O)C(C)(C)C)o1. The van der Waals surface area contributed by atoms with E-state index in [9.17, 15) is 15.0 Å². The molecule has 176 valence electrons. The molecule has 10 heteroatoms. The molecule has 0 aliphatic carbocycles. The molecule has 33 heavy (non-hydrogen) atoms. The summed E-state index contributed by atoms with van der Waals surface area (Å²) >= 11 is 1.04. The van der Waals surface area contributed by atoms with Gasteiger partial charge in [0.15, 0.2) is 17.4 Å². The Bertz CT molecular complexity index is 1140. The van der Waals surface area contributed by atoms with Gasteiger partial charge >= 0.3 is 0 Å². The van der Waals surface area contributed by atoms with Gasteiger partial charge in [-0.3, -0.25) is 4.79 Å². The Morgan fingerprint density at radius 3 is 2.64 bits per heavy atom. The fourth-order valence-corrected chi connectivity index (χ4v) is 4.34. The number of aromatic nitrogens is 2. The molecule has 1 amide bonds. The largest absolute Gasteiger partial charge is 0.505 e. The van der Waals surface area contributed by atoms with Crippen molar-refractivity contribution in [3.8, 4) is 5.75 Å². The molecule has 4 rings (SSSR count). The quantitative estimate of drug-likeness (QED) is 0.393. The van der Waals surface area contributed by atoms with Crippen LogP contribution in [0.2, 0.25) is 0 Å². The number of carbonyl (C=O) groups excluding carboxylic acids is 1. The highest BCUT2D eigenvalue weighted by Crippen LogP contribution is 2.39. The zero-order valence-corrected chi connectivity index (χ0v) is 19.9. The van der Waals surface area contributed by atoms with Crippen molar-refractivity contribution >= 4 is 35.0 Å². The number of hydrogen-bond acceptors (Lipinski definition) is 9. The zero-order chi connectivity index (χ0) is 23.8. The average Bonchev–Trinajstić information content (AvgIpc) is 3.48. The maximum atomic E-state index is 12.8. The molecule has 2 atom stereocenters. The minimum atomic E-state index is -0.527. The summed E-state index contributed by atoms with van der Waals surface area (Å²) in [6, 6.07) is 8.64. The van der Waals surface area contributed by atoms with Gasteiger partial charge in [0.2, 0.25) is 0 Å². The first kappa shape index (κ1) is 23.1. The van der Waals surface area contributed by atoms with Crippen LogP contribution in [-0.2, 0) is 0 Å². The van der Waals surface area contributed by atoms with Crippen LogP contribution in [0.5, 0.6) is 5.75 Å². The Balaban J connectivity index is 1.57. The number of aliphatic hydroxyl groups is 1. The minimum Gasteiger partial charge on any atom is -0.505 e. The Kier molecular flexibility index (Phi) is 6.31. The molecule has 0 bridgehead atoms. The summed E-state index contributed by atoms with van der Waals surface area (Å²) in [4.78, 5) is 14.4. The van der Waals surface area contributed by atoms with Crippen molar-refractivity contribution in [3.05, 3.63) is 47.4 Å². The number of phenolic OH excluding ortho intramolecular Hbond substituents is 1. The summed E-state index contributed by atoms with van der Waals surface area (Å²) in [7, 11) is 0. The maximum Gasteiger partial charge on any atom is 0.257 e. The highest BCUT2D eigenvalue weighted by atomic mass is 32.1. The summed E-state index contributed by atoms with van der Waals surface area (Å²) in [5, 5.41) is 27.1. The van der Waals surface area contributed by atoms with Crippen molar-refractivity contribution < 1.29 is 19.4 Å². The van der Waals surface area contributed by atoms with Gasteiger partial charge in [-0.1, -0.05) is 26.8 Å². The predicted molar refractivity (Wildman–Crippen MR) is 127 cm³/mol. The number of phenols is 1. The van der Waals surface area contributed by atoms with Gasteiger partial charge in [-0.2, -0.15) is 8.75 Å². The number of amides is 1.